The standard InChI is InChI=1S/C16H17FN2OS/c1-9-12(17)7-10(16(18)20)8-14(9)19-13-3-2-4-15-11(13)5-6-21-15/h5-8,13,19H,2-4H2,1H3,(H2,18,20). The van der Waals surface area contributed by atoms with Crippen LogP contribution in [0.15, 0.2) is 23.6 Å². The summed E-state index contributed by atoms with van der Waals surface area (Å²) >= 11 is 1.77. The number of carbonyl (C=O) groups is 1. The van der Waals surface area contributed by atoms with Gasteiger partial charge in [0.2, 0.25) is 5.91 Å². The van der Waals surface area contributed by atoms with Crippen LogP contribution in [0.4, 0.5) is 10.1 Å². The van der Waals surface area contributed by atoms with Crippen LogP contribution in [0.3, 0.4) is 0 Å². The van der Waals surface area contributed by atoms with Gasteiger partial charge in [0.1, 0.15) is 5.82 Å². The van der Waals surface area contributed by atoms with Gasteiger partial charge in [0.15, 0.2) is 0 Å². The summed E-state index contributed by atoms with van der Waals surface area (Å²) in [7, 11) is 0. The number of primary amides is 1. The number of anilines is 1. The van der Waals surface area contributed by atoms with E-state index in [0.717, 1.165) is 19.3 Å². The zero-order valence-corrected chi connectivity index (χ0v) is 12.6. The fourth-order valence-corrected chi connectivity index (χ4v) is 3.78. The molecule has 2 aromatic rings. The van der Waals surface area contributed by atoms with Crippen molar-refractivity contribution >= 4 is 22.9 Å². The molecule has 21 heavy (non-hydrogen) atoms. The number of nitrogens with one attached hydrogen (secondary N) is 1. The summed E-state index contributed by atoms with van der Waals surface area (Å²) in [6, 6.07) is 5.13. The lowest BCUT2D eigenvalue weighted by Crippen LogP contribution is -2.18. The van der Waals surface area contributed by atoms with Crippen LogP contribution in [0, 0.1) is 12.7 Å². The van der Waals surface area contributed by atoms with Crippen LogP contribution in [0.1, 0.15) is 45.2 Å². The average molecular weight is 304 g/mol. The summed E-state index contributed by atoms with van der Waals surface area (Å²) in [6.07, 6.45) is 3.23. The molecule has 0 fully saturated rings. The average Bonchev–Trinajstić information content (AvgIpc) is 2.92. The van der Waals surface area contributed by atoms with Gasteiger partial charge in [0.05, 0.1) is 6.04 Å². The Morgan fingerprint density at radius 1 is 1.48 bits per heavy atom. The van der Waals surface area contributed by atoms with Crippen molar-refractivity contribution in [3.05, 3.63) is 51.0 Å². The van der Waals surface area contributed by atoms with Crippen LogP contribution >= 0.6 is 11.3 Å². The van der Waals surface area contributed by atoms with Gasteiger partial charge in [-0.3, -0.25) is 4.79 Å². The van der Waals surface area contributed by atoms with Gasteiger partial charge < -0.3 is 11.1 Å². The quantitative estimate of drug-likeness (QED) is 0.906. The number of thiophene rings is 1. The maximum atomic E-state index is 13.9. The van der Waals surface area contributed by atoms with E-state index in [0.29, 0.717) is 11.3 Å². The van der Waals surface area contributed by atoms with Gasteiger partial charge >= 0.3 is 0 Å². The molecule has 0 saturated carbocycles. The molecule has 1 aromatic carbocycles. The number of amides is 1. The van der Waals surface area contributed by atoms with E-state index in [9.17, 15) is 9.18 Å². The summed E-state index contributed by atoms with van der Waals surface area (Å²) < 4.78 is 13.9. The van der Waals surface area contributed by atoms with Crippen LogP contribution < -0.4 is 11.1 Å². The third-order valence-corrected chi connectivity index (χ3v) is 5.01. The predicted molar refractivity (Wildman–Crippen MR) is 83.3 cm³/mol. The fourth-order valence-electron chi connectivity index (χ4n) is 2.80. The Morgan fingerprint density at radius 2 is 2.29 bits per heavy atom. The molecule has 1 atom stereocenters. The highest BCUT2D eigenvalue weighted by Gasteiger charge is 2.22. The molecule has 1 amide bonds. The van der Waals surface area contributed by atoms with Gasteiger partial charge in [-0.05, 0) is 55.3 Å². The van der Waals surface area contributed by atoms with Crippen molar-refractivity contribution in [3.63, 3.8) is 0 Å². The van der Waals surface area contributed by atoms with Crippen molar-refractivity contribution < 1.29 is 9.18 Å². The number of hydrogen-bond acceptors (Lipinski definition) is 3. The molecular formula is C16H17FN2OS. The molecule has 3 rings (SSSR count). The van der Waals surface area contributed by atoms with Crippen molar-refractivity contribution in [3.8, 4) is 0 Å². The first-order valence-corrected chi connectivity index (χ1v) is 7.87. The van der Waals surface area contributed by atoms with Crippen LogP contribution in [0.2, 0.25) is 0 Å². The van der Waals surface area contributed by atoms with E-state index in [1.807, 2.05) is 0 Å². The normalized spacial score (nSPS) is 17.3. The van der Waals surface area contributed by atoms with Crippen molar-refractivity contribution in [1.82, 2.24) is 0 Å². The molecule has 1 aliphatic carbocycles. The number of hydrogen-bond donors (Lipinski definition) is 2. The van der Waals surface area contributed by atoms with E-state index >= 15 is 0 Å². The molecule has 0 saturated heterocycles. The molecule has 5 heteroatoms. The zero-order chi connectivity index (χ0) is 15.0. The highest BCUT2D eigenvalue weighted by atomic mass is 32.1. The minimum atomic E-state index is -0.614. The molecule has 0 bridgehead atoms. The van der Waals surface area contributed by atoms with Gasteiger partial charge in [-0.25, -0.2) is 4.39 Å². The Labute approximate surface area is 127 Å². The number of fused-ring (bicyclic) bond motifs is 1. The van der Waals surface area contributed by atoms with Gasteiger partial charge in [0, 0.05) is 21.7 Å². The van der Waals surface area contributed by atoms with Gasteiger partial charge in [-0.15, -0.1) is 11.3 Å². The molecule has 1 aromatic heterocycles. The van der Waals surface area contributed by atoms with Crippen LogP contribution in [0.25, 0.3) is 0 Å². The largest absolute Gasteiger partial charge is 0.378 e. The molecule has 0 aliphatic heterocycles. The second-order valence-electron chi connectivity index (χ2n) is 5.38. The van der Waals surface area contributed by atoms with Crippen LogP contribution in [-0.2, 0) is 6.42 Å². The number of aryl methyl sites for hydroxylation is 1. The second-order valence-corrected chi connectivity index (χ2v) is 6.38. The molecule has 110 valence electrons. The Bertz CT molecular complexity index is 696. The minimum absolute atomic E-state index is 0.168. The van der Waals surface area contributed by atoms with E-state index in [1.165, 1.54) is 16.5 Å². The van der Waals surface area contributed by atoms with Crippen molar-refractivity contribution in [2.24, 2.45) is 5.73 Å². The zero-order valence-electron chi connectivity index (χ0n) is 11.8. The first kappa shape index (κ1) is 14.1. The predicted octanol–water partition coefficient (Wildman–Crippen LogP) is 3.78. The Morgan fingerprint density at radius 3 is 3.05 bits per heavy atom. The lowest BCUT2D eigenvalue weighted by Gasteiger charge is -2.26. The molecule has 0 spiro atoms. The maximum Gasteiger partial charge on any atom is 0.248 e. The fraction of sp³-hybridized carbons (Fsp3) is 0.312. The van der Waals surface area contributed by atoms with Crippen molar-refractivity contribution in [2.75, 3.05) is 5.32 Å². The van der Waals surface area contributed by atoms with E-state index in [4.69, 9.17) is 5.73 Å². The molecule has 3 N–H and O–H groups in total. The first-order valence-electron chi connectivity index (χ1n) is 6.99. The van der Waals surface area contributed by atoms with Gasteiger partial charge in [-0.2, -0.15) is 0 Å². The molecule has 1 aliphatic rings. The Hall–Kier alpha value is -1.88. The van der Waals surface area contributed by atoms with Crippen molar-refractivity contribution in [1.29, 1.82) is 0 Å². The maximum absolute atomic E-state index is 13.9. The summed E-state index contributed by atoms with van der Waals surface area (Å²) in [4.78, 5) is 12.7. The second kappa shape index (κ2) is 5.48. The molecule has 1 unspecified atom stereocenters. The molecular weight excluding hydrogens is 287 g/mol. The van der Waals surface area contributed by atoms with Gasteiger partial charge in [-0.1, -0.05) is 0 Å². The number of halogens is 1. The number of benzene rings is 1. The highest BCUT2D eigenvalue weighted by Crippen LogP contribution is 2.36. The van der Waals surface area contributed by atoms with E-state index in [2.05, 4.69) is 16.8 Å². The monoisotopic (exact) mass is 304 g/mol. The van der Waals surface area contributed by atoms with Crippen LogP contribution in [0.5, 0.6) is 0 Å². The molecule has 1 heterocycles. The van der Waals surface area contributed by atoms with Crippen molar-refractivity contribution in [2.45, 2.75) is 32.2 Å². The SMILES string of the molecule is Cc1c(F)cc(C(N)=O)cc1NC1CCCc2sccc21. The highest BCUT2D eigenvalue weighted by molar-refractivity contribution is 7.10. The molecule has 3 nitrogen and oxygen atoms in total. The Kier molecular flexibility index (Phi) is 3.68. The lowest BCUT2D eigenvalue weighted by atomic mass is 9.93. The summed E-state index contributed by atoms with van der Waals surface area (Å²) in [5, 5.41) is 5.48. The molecule has 0 radical (unpaired) electrons. The topological polar surface area (TPSA) is 55.1 Å². The minimum Gasteiger partial charge on any atom is -0.378 e. The first-order chi connectivity index (χ1) is 10.1. The number of carbonyl (C=O) groups excluding carboxylic acids is 1. The summed E-state index contributed by atoms with van der Waals surface area (Å²) in [5.41, 5.74) is 7.91. The van der Waals surface area contributed by atoms with Gasteiger partial charge in [0.25, 0.3) is 0 Å². The summed E-state index contributed by atoms with van der Waals surface area (Å²) in [6.45, 7) is 1.71. The number of nitrogens with two attached hydrogens (primary N) is 1. The van der Waals surface area contributed by atoms with E-state index in [1.54, 1.807) is 24.3 Å². The van der Waals surface area contributed by atoms with Crippen LogP contribution in [-0.4, -0.2) is 5.91 Å². The Balaban J connectivity index is 1.94. The number of rotatable bonds is 3. The lowest BCUT2D eigenvalue weighted by molar-refractivity contribution is 0.1000. The summed E-state index contributed by atoms with van der Waals surface area (Å²) in [5.74, 6) is -1.02. The third-order valence-electron chi connectivity index (χ3n) is 4.01. The van der Waals surface area contributed by atoms with E-state index < -0.39 is 11.7 Å². The van der Waals surface area contributed by atoms with E-state index in [-0.39, 0.29) is 11.6 Å². The smallest absolute Gasteiger partial charge is 0.248 e. The third kappa shape index (κ3) is 2.65.